The lowest BCUT2D eigenvalue weighted by molar-refractivity contribution is 0.573. The maximum atomic E-state index is 4.80. The summed E-state index contributed by atoms with van der Waals surface area (Å²) in [7, 11) is 4.11. The average Bonchev–Trinajstić information content (AvgIpc) is 2.47. The second-order valence-electron chi connectivity index (χ2n) is 5.33. The van der Waals surface area contributed by atoms with Crippen LogP contribution in [0.4, 0.5) is 11.8 Å². The van der Waals surface area contributed by atoms with Gasteiger partial charge in [-0.15, -0.1) is 0 Å². The summed E-state index contributed by atoms with van der Waals surface area (Å²) in [5.74, 6) is 1.96. The van der Waals surface area contributed by atoms with E-state index in [0.29, 0.717) is 0 Å². The molecule has 0 spiro atoms. The van der Waals surface area contributed by atoms with Crippen LogP contribution in [0.2, 0.25) is 0 Å². The fraction of sp³-hybridized carbons (Fsp3) is 0.692. The minimum absolute atomic E-state index is 0.880. The van der Waals surface area contributed by atoms with Gasteiger partial charge >= 0.3 is 0 Å². The first kappa shape index (κ1) is 12.6. The monoisotopic (exact) mass is 262 g/mol. The van der Waals surface area contributed by atoms with Gasteiger partial charge in [0, 0.05) is 65.3 Å². The van der Waals surface area contributed by atoms with Crippen molar-refractivity contribution in [3.63, 3.8) is 0 Å². The standard InChI is InChI=1S/C13H22N6/c1-18(2)12-10-9-15-4-3-11(10)16-13(17-12)19-7-5-14-6-8-19/h14-15H,3-9H2,1-2H3. The Morgan fingerprint density at radius 1 is 1.05 bits per heavy atom. The van der Waals surface area contributed by atoms with Gasteiger partial charge in [-0.05, 0) is 0 Å². The Morgan fingerprint density at radius 3 is 2.58 bits per heavy atom. The number of aromatic nitrogens is 2. The molecule has 0 amide bonds. The predicted octanol–water partition coefficient (Wildman–Crippen LogP) is -0.402. The van der Waals surface area contributed by atoms with Crippen molar-refractivity contribution in [2.75, 3.05) is 56.6 Å². The Balaban J connectivity index is 1.98. The SMILES string of the molecule is CN(C)c1nc(N2CCNCC2)nc2c1CNCC2. The molecule has 2 aliphatic rings. The van der Waals surface area contributed by atoms with E-state index >= 15 is 0 Å². The molecule has 0 unspecified atom stereocenters. The molecule has 0 aromatic carbocycles. The summed E-state index contributed by atoms with van der Waals surface area (Å²) in [6, 6.07) is 0. The van der Waals surface area contributed by atoms with Crippen LogP contribution in [0.1, 0.15) is 11.3 Å². The third-order valence-electron chi connectivity index (χ3n) is 3.72. The van der Waals surface area contributed by atoms with Crippen LogP contribution in [0.15, 0.2) is 0 Å². The van der Waals surface area contributed by atoms with Crippen molar-refractivity contribution in [3.05, 3.63) is 11.3 Å². The van der Waals surface area contributed by atoms with Gasteiger partial charge in [0.1, 0.15) is 5.82 Å². The molecule has 3 rings (SSSR count). The molecule has 6 heteroatoms. The fourth-order valence-electron chi connectivity index (χ4n) is 2.69. The maximum absolute atomic E-state index is 4.80. The number of nitrogens with one attached hydrogen (secondary N) is 2. The quantitative estimate of drug-likeness (QED) is 0.756. The summed E-state index contributed by atoms with van der Waals surface area (Å²) in [6.07, 6.45) is 0.998. The van der Waals surface area contributed by atoms with Crippen LogP contribution < -0.4 is 20.4 Å². The molecule has 1 fully saturated rings. The van der Waals surface area contributed by atoms with Crippen molar-refractivity contribution in [3.8, 4) is 0 Å². The van der Waals surface area contributed by atoms with E-state index in [4.69, 9.17) is 9.97 Å². The summed E-state index contributed by atoms with van der Waals surface area (Å²) < 4.78 is 0. The van der Waals surface area contributed by atoms with Crippen molar-refractivity contribution in [1.82, 2.24) is 20.6 Å². The molecule has 104 valence electrons. The first-order chi connectivity index (χ1) is 9.25. The van der Waals surface area contributed by atoms with Gasteiger partial charge in [0.25, 0.3) is 0 Å². The topological polar surface area (TPSA) is 56.3 Å². The lowest BCUT2D eigenvalue weighted by Gasteiger charge is -2.30. The number of nitrogens with zero attached hydrogens (tertiary/aromatic N) is 4. The Labute approximate surface area is 114 Å². The molecular formula is C13H22N6. The van der Waals surface area contributed by atoms with Gasteiger partial charge in [0.05, 0.1) is 5.69 Å². The zero-order valence-corrected chi connectivity index (χ0v) is 11.7. The first-order valence-electron chi connectivity index (χ1n) is 6.99. The summed E-state index contributed by atoms with van der Waals surface area (Å²) in [4.78, 5) is 14.0. The normalized spacial score (nSPS) is 19.2. The first-order valence-corrected chi connectivity index (χ1v) is 6.99. The molecule has 1 aromatic rings. The fourth-order valence-corrected chi connectivity index (χ4v) is 2.69. The van der Waals surface area contributed by atoms with Crippen LogP contribution in [0.5, 0.6) is 0 Å². The van der Waals surface area contributed by atoms with Crippen molar-refractivity contribution in [1.29, 1.82) is 0 Å². The maximum Gasteiger partial charge on any atom is 0.227 e. The van der Waals surface area contributed by atoms with E-state index in [2.05, 4.69) is 34.5 Å². The van der Waals surface area contributed by atoms with E-state index in [0.717, 1.165) is 57.5 Å². The largest absolute Gasteiger partial charge is 0.362 e. The smallest absolute Gasteiger partial charge is 0.227 e. The molecule has 3 heterocycles. The Hall–Kier alpha value is -1.40. The average molecular weight is 262 g/mol. The Morgan fingerprint density at radius 2 is 1.84 bits per heavy atom. The zero-order chi connectivity index (χ0) is 13.2. The molecule has 6 nitrogen and oxygen atoms in total. The highest BCUT2D eigenvalue weighted by atomic mass is 15.3. The van der Waals surface area contributed by atoms with Gasteiger partial charge in [0.2, 0.25) is 5.95 Å². The van der Waals surface area contributed by atoms with Crippen LogP contribution >= 0.6 is 0 Å². The van der Waals surface area contributed by atoms with E-state index < -0.39 is 0 Å². The second-order valence-corrected chi connectivity index (χ2v) is 5.33. The van der Waals surface area contributed by atoms with E-state index in [1.165, 1.54) is 11.3 Å². The predicted molar refractivity (Wildman–Crippen MR) is 76.9 cm³/mol. The van der Waals surface area contributed by atoms with Gasteiger partial charge < -0.3 is 20.4 Å². The number of hydrogen-bond acceptors (Lipinski definition) is 6. The van der Waals surface area contributed by atoms with Crippen LogP contribution in [-0.4, -0.2) is 56.8 Å². The number of fused-ring (bicyclic) bond motifs is 1. The van der Waals surface area contributed by atoms with E-state index in [9.17, 15) is 0 Å². The third-order valence-corrected chi connectivity index (χ3v) is 3.72. The molecule has 0 saturated carbocycles. The van der Waals surface area contributed by atoms with Crippen molar-refractivity contribution >= 4 is 11.8 Å². The molecule has 0 bridgehead atoms. The molecule has 1 saturated heterocycles. The van der Waals surface area contributed by atoms with Crippen LogP contribution in [0.25, 0.3) is 0 Å². The van der Waals surface area contributed by atoms with Crippen molar-refractivity contribution in [2.24, 2.45) is 0 Å². The van der Waals surface area contributed by atoms with Crippen LogP contribution in [0.3, 0.4) is 0 Å². The van der Waals surface area contributed by atoms with Gasteiger partial charge in [-0.3, -0.25) is 0 Å². The molecule has 0 radical (unpaired) electrons. The summed E-state index contributed by atoms with van der Waals surface area (Å²) in [5, 5.41) is 6.77. The Kier molecular flexibility index (Phi) is 3.52. The van der Waals surface area contributed by atoms with Crippen LogP contribution in [-0.2, 0) is 13.0 Å². The van der Waals surface area contributed by atoms with Gasteiger partial charge in [-0.25, -0.2) is 4.98 Å². The molecular weight excluding hydrogens is 240 g/mol. The van der Waals surface area contributed by atoms with Gasteiger partial charge in [-0.2, -0.15) is 4.98 Å². The summed E-state index contributed by atoms with van der Waals surface area (Å²) in [6.45, 7) is 5.90. The van der Waals surface area contributed by atoms with Crippen molar-refractivity contribution < 1.29 is 0 Å². The molecule has 0 atom stereocenters. The van der Waals surface area contributed by atoms with Gasteiger partial charge in [-0.1, -0.05) is 0 Å². The molecule has 1 aromatic heterocycles. The molecule has 19 heavy (non-hydrogen) atoms. The third kappa shape index (κ3) is 2.50. The van der Waals surface area contributed by atoms with E-state index in [1.54, 1.807) is 0 Å². The number of piperazine rings is 1. The number of anilines is 2. The minimum atomic E-state index is 0.880. The lowest BCUT2D eigenvalue weighted by Crippen LogP contribution is -2.44. The molecule has 2 aliphatic heterocycles. The summed E-state index contributed by atoms with van der Waals surface area (Å²) in [5.41, 5.74) is 2.47. The molecule has 2 N–H and O–H groups in total. The lowest BCUT2D eigenvalue weighted by atomic mass is 10.1. The van der Waals surface area contributed by atoms with Crippen LogP contribution in [0, 0.1) is 0 Å². The molecule has 0 aliphatic carbocycles. The minimum Gasteiger partial charge on any atom is -0.362 e. The van der Waals surface area contributed by atoms with E-state index in [1.807, 2.05) is 0 Å². The highest BCUT2D eigenvalue weighted by molar-refractivity contribution is 5.53. The van der Waals surface area contributed by atoms with E-state index in [-0.39, 0.29) is 0 Å². The highest BCUT2D eigenvalue weighted by Crippen LogP contribution is 2.25. The second kappa shape index (κ2) is 5.30. The zero-order valence-electron chi connectivity index (χ0n) is 11.7. The van der Waals surface area contributed by atoms with Gasteiger partial charge in [0.15, 0.2) is 0 Å². The number of hydrogen-bond donors (Lipinski definition) is 2. The number of rotatable bonds is 2. The highest BCUT2D eigenvalue weighted by Gasteiger charge is 2.21. The Bertz CT molecular complexity index is 453. The van der Waals surface area contributed by atoms with Crippen molar-refractivity contribution in [2.45, 2.75) is 13.0 Å². The summed E-state index contributed by atoms with van der Waals surface area (Å²) >= 11 is 0.